The molecule has 0 saturated heterocycles. The molecule has 9 unspecified atom stereocenters. The largest absolute Gasteiger partial charge is 0.393 e. The fourth-order valence-corrected chi connectivity index (χ4v) is 9.17. The Morgan fingerprint density at radius 1 is 0.771 bits per heavy atom. The van der Waals surface area contributed by atoms with Crippen molar-refractivity contribution in [1.82, 2.24) is 16.0 Å². The summed E-state index contributed by atoms with van der Waals surface area (Å²) in [7, 11) is 0. The van der Waals surface area contributed by atoms with Crippen LogP contribution in [0.3, 0.4) is 0 Å². The molecule has 35 heavy (non-hydrogen) atoms. The Balaban J connectivity index is 1.15. The Labute approximate surface area is 216 Å². The SMILES string of the molecule is CC1CCC2C3C(O)CC4CC(NCCCNCCCCNCCCN)CCC4(C)C3CCC12C. The molecule has 0 radical (unpaired) electrons. The van der Waals surface area contributed by atoms with E-state index < -0.39 is 0 Å². The van der Waals surface area contributed by atoms with Crippen LogP contribution in [0.1, 0.15) is 97.8 Å². The number of nitrogens with two attached hydrogens (primary N) is 1. The Morgan fingerprint density at radius 3 is 2.17 bits per heavy atom. The van der Waals surface area contributed by atoms with E-state index >= 15 is 0 Å². The van der Waals surface area contributed by atoms with E-state index in [4.69, 9.17) is 5.73 Å². The second-order valence-electron chi connectivity index (χ2n) is 13.4. The maximum atomic E-state index is 11.4. The highest BCUT2D eigenvalue weighted by Gasteiger charge is 2.61. The van der Waals surface area contributed by atoms with Gasteiger partial charge in [-0.2, -0.15) is 0 Å². The zero-order valence-electron chi connectivity index (χ0n) is 23.3. The third-order valence-electron chi connectivity index (χ3n) is 11.6. The smallest absolute Gasteiger partial charge is 0.0577 e. The van der Waals surface area contributed by atoms with Crippen LogP contribution in [0.2, 0.25) is 0 Å². The molecule has 0 aromatic rings. The fourth-order valence-electron chi connectivity index (χ4n) is 9.17. The molecule has 0 amide bonds. The van der Waals surface area contributed by atoms with Gasteiger partial charge in [-0.25, -0.2) is 0 Å². The first-order valence-corrected chi connectivity index (χ1v) is 15.4. The fraction of sp³-hybridized carbons (Fsp3) is 1.00. The average Bonchev–Trinajstić information content (AvgIpc) is 3.15. The van der Waals surface area contributed by atoms with Crippen LogP contribution in [0, 0.1) is 40.4 Å². The first-order chi connectivity index (χ1) is 16.9. The van der Waals surface area contributed by atoms with Gasteiger partial charge in [0.15, 0.2) is 0 Å². The van der Waals surface area contributed by atoms with Gasteiger partial charge in [0.25, 0.3) is 0 Å². The number of hydrogen-bond acceptors (Lipinski definition) is 5. The van der Waals surface area contributed by atoms with Gasteiger partial charge in [-0.3, -0.25) is 0 Å². The highest BCUT2D eigenvalue weighted by molar-refractivity contribution is 5.11. The number of aliphatic hydroxyl groups is 1. The quantitative estimate of drug-likeness (QED) is 0.249. The molecule has 6 N–H and O–H groups in total. The Kier molecular flexibility index (Phi) is 9.99. The van der Waals surface area contributed by atoms with E-state index in [1.165, 1.54) is 64.2 Å². The molecule has 9 atom stereocenters. The molecule has 5 heteroatoms. The summed E-state index contributed by atoms with van der Waals surface area (Å²) in [6.07, 6.45) is 15.2. The minimum absolute atomic E-state index is 0.0631. The lowest BCUT2D eigenvalue weighted by Gasteiger charge is -2.62. The van der Waals surface area contributed by atoms with Crippen molar-refractivity contribution in [2.24, 2.45) is 46.2 Å². The van der Waals surface area contributed by atoms with Crippen LogP contribution >= 0.6 is 0 Å². The van der Waals surface area contributed by atoms with Gasteiger partial charge < -0.3 is 26.8 Å². The van der Waals surface area contributed by atoms with Crippen molar-refractivity contribution in [3.63, 3.8) is 0 Å². The van der Waals surface area contributed by atoms with Crippen molar-refractivity contribution in [3.05, 3.63) is 0 Å². The molecule has 4 fully saturated rings. The standard InChI is InChI=1S/C30H58N4O/c1-22-8-9-25-28-26(11-13-29(22,25)2)30(3)12-10-24(20-23(30)21-27(28)35)34-19-7-18-33-16-5-4-15-32-17-6-14-31/h22-28,32-35H,4-21,31H2,1-3H3. The van der Waals surface area contributed by atoms with E-state index in [2.05, 4.69) is 36.7 Å². The Hall–Kier alpha value is -0.200. The van der Waals surface area contributed by atoms with Gasteiger partial charge >= 0.3 is 0 Å². The molecule has 0 heterocycles. The van der Waals surface area contributed by atoms with Gasteiger partial charge in [-0.15, -0.1) is 0 Å². The second kappa shape index (κ2) is 12.6. The van der Waals surface area contributed by atoms with Crippen LogP contribution in [-0.2, 0) is 0 Å². The van der Waals surface area contributed by atoms with Gasteiger partial charge in [0.1, 0.15) is 0 Å². The molecule has 0 aromatic heterocycles. The van der Waals surface area contributed by atoms with Crippen molar-refractivity contribution in [2.45, 2.75) is 110 Å². The summed E-state index contributed by atoms with van der Waals surface area (Å²) in [5.74, 6) is 3.62. The molecule has 4 aliphatic carbocycles. The van der Waals surface area contributed by atoms with Crippen LogP contribution in [0.15, 0.2) is 0 Å². The Bertz CT molecular complexity index is 646. The van der Waals surface area contributed by atoms with E-state index in [-0.39, 0.29) is 6.10 Å². The third-order valence-corrected chi connectivity index (χ3v) is 11.6. The average molecular weight is 491 g/mol. The third kappa shape index (κ3) is 6.11. The maximum absolute atomic E-state index is 11.4. The first kappa shape index (κ1) is 27.8. The zero-order chi connectivity index (χ0) is 24.9. The molecule has 0 aliphatic heterocycles. The van der Waals surface area contributed by atoms with Crippen LogP contribution in [0.25, 0.3) is 0 Å². The lowest BCUT2D eigenvalue weighted by Crippen LogP contribution is -2.59. The van der Waals surface area contributed by atoms with Crippen LogP contribution < -0.4 is 21.7 Å². The molecule has 4 rings (SSSR count). The van der Waals surface area contributed by atoms with E-state index in [0.29, 0.717) is 28.7 Å². The second-order valence-corrected chi connectivity index (χ2v) is 13.4. The molecule has 0 bridgehead atoms. The van der Waals surface area contributed by atoms with Gasteiger partial charge in [0.05, 0.1) is 6.10 Å². The first-order valence-electron chi connectivity index (χ1n) is 15.4. The predicted molar refractivity (Wildman–Crippen MR) is 147 cm³/mol. The van der Waals surface area contributed by atoms with Crippen molar-refractivity contribution in [2.75, 3.05) is 39.3 Å². The van der Waals surface area contributed by atoms with Gasteiger partial charge in [-0.05, 0) is 157 Å². The molecular formula is C30H58N4O. The number of aliphatic hydroxyl groups excluding tert-OH is 1. The van der Waals surface area contributed by atoms with Crippen molar-refractivity contribution >= 4 is 0 Å². The number of fused-ring (bicyclic) bond motifs is 5. The number of rotatable bonds is 13. The van der Waals surface area contributed by atoms with Crippen molar-refractivity contribution in [3.8, 4) is 0 Å². The van der Waals surface area contributed by atoms with E-state index in [1.807, 2.05) is 0 Å². The minimum atomic E-state index is -0.0631. The van der Waals surface area contributed by atoms with E-state index in [9.17, 15) is 5.11 Å². The summed E-state index contributed by atoms with van der Waals surface area (Å²) in [6.45, 7) is 14.0. The van der Waals surface area contributed by atoms with E-state index in [0.717, 1.165) is 69.9 Å². The molecule has 0 aromatic carbocycles. The summed E-state index contributed by atoms with van der Waals surface area (Å²) < 4.78 is 0. The summed E-state index contributed by atoms with van der Waals surface area (Å²) >= 11 is 0. The zero-order valence-corrected chi connectivity index (χ0v) is 23.3. The normalized spacial score (nSPS) is 42.9. The van der Waals surface area contributed by atoms with Crippen molar-refractivity contribution < 1.29 is 5.11 Å². The highest BCUT2D eigenvalue weighted by Crippen LogP contribution is 2.67. The topological polar surface area (TPSA) is 82.3 Å². The maximum Gasteiger partial charge on any atom is 0.0577 e. The summed E-state index contributed by atoms with van der Waals surface area (Å²) in [5.41, 5.74) is 6.46. The van der Waals surface area contributed by atoms with Gasteiger partial charge in [0.2, 0.25) is 0 Å². The Morgan fingerprint density at radius 2 is 1.43 bits per heavy atom. The minimum Gasteiger partial charge on any atom is -0.393 e. The highest BCUT2D eigenvalue weighted by atomic mass is 16.3. The summed E-state index contributed by atoms with van der Waals surface area (Å²) in [6, 6.07) is 0.650. The number of hydrogen-bond donors (Lipinski definition) is 5. The molecule has 0 spiro atoms. The van der Waals surface area contributed by atoms with E-state index in [1.54, 1.807) is 0 Å². The molecular weight excluding hydrogens is 432 g/mol. The lowest BCUT2D eigenvalue weighted by molar-refractivity contribution is -0.164. The molecule has 4 aliphatic rings. The monoisotopic (exact) mass is 490 g/mol. The van der Waals surface area contributed by atoms with Crippen LogP contribution in [0.5, 0.6) is 0 Å². The van der Waals surface area contributed by atoms with Crippen LogP contribution in [0.4, 0.5) is 0 Å². The molecule has 5 nitrogen and oxygen atoms in total. The van der Waals surface area contributed by atoms with Crippen molar-refractivity contribution in [1.29, 1.82) is 0 Å². The number of nitrogens with one attached hydrogen (secondary N) is 3. The van der Waals surface area contributed by atoms with Gasteiger partial charge in [0, 0.05) is 6.04 Å². The summed E-state index contributed by atoms with van der Waals surface area (Å²) in [5, 5.41) is 22.4. The van der Waals surface area contributed by atoms with Crippen LogP contribution in [-0.4, -0.2) is 56.5 Å². The van der Waals surface area contributed by atoms with Gasteiger partial charge in [-0.1, -0.05) is 20.8 Å². The molecule has 4 saturated carbocycles. The predicted octanol–water partition coefficient (Wildman–Crippen LogP) is 4.29. The summed E-state index contributed by atoms with van der Waals surface area (Å²) in [4.78, 5) is 0. The molecule has 204 valence electrons. The number of unbranched alkanes of at least 4 members (excludes halogenated alkanes) is 1. The lowest BCUT2D eigenvalue weighted by atomic mass is 9.44.